The van der Waals surface area contributed by atoms with Gasteiger partial charge in [0.2, 0.25) is 0 Å². The number of carbonyl (C=O) groups is 1. The minimum Gasteiger partial charge on any atom is -0.414 e. The molecule has 0 aromatic rings. The molecule has 5 fully saturated rings. The van der Waals surface area contributed by atoms with Crippen LogP contribution in [0.15, 0.2) is 36.5 Å². The zero-order valence-corrected chi connectivity index (χ0v) is 59.0. The van der Waals surface area contributed by atoms with E-state index in [9.17, 15) is 15.0 Å². The van der Waals surface area contributed by atoms with Crippen molar-refractivity contribution in [3.8, 4) is 0 Å². The maximum atomic E-state index is 15.0. The van der Waals surface area contributed by atoms with Gasteiger partial charge in [-0.15, -0.1) is 0 Å². The Morgan fingerprint density at radius 1 is 0.605 bits per heavy atom. The first-order valence-electron chi connectivity index (χ1n) is 31.4. The first kappa shape index (κ1) is 69.4. The Morgan fingerprint density at radius 3 is 1.78 bits per heavy atom. The van der Waals surface area contributed by atoms with Crippen LogP contribution in [0.5, 0.6) is 0 Å². The Hall–Kier alpha value is -0.722. The highest BCUT2D eigenvalue weighted by atomic mass is 28.4. The van der Waals surface area contributed by atoms with Gasteiger partial charge in [-0.1, -0.05) is 115 Å². The number of ether oxygens (including phenoxy) is 6. The molecule has 0 radical (unpaired) electrons. The zero-order valence-electron chi connectivity index (χ0n) is 55.0. The summed E-state index contributed by atoms with van der Waals surface area (Å²) in [5, 5.41) is 24.2. The lowest BCUT2D eigenvalue weighted by Crippen LogP contribution is -2.67. The van der Waals surface area contributed by atoms with Crippen LogP contribution in [0, 0.1) is 11.8 Å². The molecule has 8 aliphatic heterocycles. The minimum absolute atomic E-state index is 0.0165. The Bertz CT molecular complexity index is 2140. The van der Waals surface area contributed by atoms with Crippen molar-refractivity contribution in [2.75, 3.05) is 13.7 Å². The lowest BCUT2D eigenvalue weighted by molar-refractivity contribution is -0.269. The Kier molecular flexibility index (Phi) is 22.7. The second-order valence-corrected chi connectivity index (χ2v) is 50.9. The summed E-state index contributed by atoms with van der Waals surface area (Å²) in [7, 11) is -7.73. The summed E-state index contributed by atoms with van der Waals surface area (Å²) in [6.07, 6.45) is 3.39. The molecule has 8 bridgehead atoms. The van der Waals surface area contributed by atoms with E-state index >= 15 is 0 Å². The average molecular weight is 1210 g/mol. The van der Waals surface area contributed by atoms with Gasteiger partial charge in [-0.2, -0.15) is 0 Å². The fourth-order valence-corrected chi connectivity index (χ4v) is 16.9. The van der Waals surface area contributed by atoms with E-state index in [1.54, 1.807) is 7.11 Å². The molecule has 0 amide bonds. The number of ketones is 1. The Balaban J connectivity index is 1.37. The molecule has 17 heteroatoms. The number of aliphatic hydroxyl groups excluding tert-OH is 2. The van der Waals surface area contributed by atoms with Gasteiger partial charge in [-0.25, -0.2) is 0 Å². The zero-order chi connectivity index (χ0) is 60.8. The normalized spacial score (nSPS) is 36.9. The molecule has 13 unspecified atom stereocenters. The highest BCUT2D eigenvalue weighted by Gasteiger charge is 2.56. The number of fused-ring (bicyclic) bond motifs is 2. The van der Waals surface area contributed by atoms with Crippen LogP contribution in [0.2, 0.25) is 72.5 Å². The summed E-state index contributed by atoms with van der Waals surface area (Å²) in [6.45, 7) is 56.7. The second kappa shape index (κ2) is 26.5. The van der Waals surface area contributed by atoms with Crippen molar-refractivity contribution in [1.82, 2.24) is 0 Å². The van der Waals surface area contributed by atoms with E-state index in [-0.39, 0.29) is 93.3 Å². The van der Waals surface area contributed by atoms with Crippen molar-refractivity contribution < 1.29 is 61.1 Å². The standard InChI is InChI=1S/C64H118O13Si4/c1-40-33-46-28-31-50-41(2)34-45(70-50)27-25-43(65)26-30-52(76-80(21,22)63(10,11)12)59-60(77-81(23,24)64(13,14)15)56(67)58-51(74-59)32-29-47(72-58)35-44(66)36-49-54(38-53(71-46)42(40)3)73-55(57(49)68-16)37-48(75-79(19,20)62(7,8)9)39-69-78(17,18)61(4,5)6/h26,30,40,43,45-60,65,67H,2-3,25,27-29,31-39H2,1,4-24H3/b30-26+/t40?,43?,45?,46?,47?,48?,49?,50?,51-,52?,53?,54-,55+,56-,57+,58?,59?,60?/m0/s1. The molecule has 468 valence electrons. The molecule has 0 saturated carbocycles. The highest BCUT2D eigenvalue weighted by molar-refractivity contribution is 6.75. The van der Waals surface area contributed by atoms with E-state index in [1.165, 1.54) is 0 Å². The van der Waals surface area contributed by atoms with Crippen molar-refractivity contribution in [3.63, 3.8) is 0 Å². The lowest BCUT2D eigenvalue weighted by Gasteiger charge is -2.53. The smallest absolute Gasteiger partial charge is 0.193 e. The topological polar surface area (TPSA) is 150 Å². The van der Waals surface area contributed by atoms with Crippen LogP contribution in [-0.2, 0) is 50.9 Å². The third-order valence-corrected chi connectivity index (χ3v) is 39.4. The molecule has 8 rings (SSSR count). The van der Waals surface area contributed by atoms with Crippen LogP contribution in [-0.4, -0.2) is 161 Å². The maximum absolute atomic E-state index is 15.0. The van der Waals surface area contributed by atoms with E-state index in [0.717, 1.165) is 36.8 Å². The number of hydrogen-bond acceptors (Lipinski definition) is 13. The summed E-state index contributed by atoms with van der Waals surface area (Å²) in [4.78, 5) is 15.0. The number of carbonyl (C=O) groups excluding carboxylic acids is 1. The summed E-state index contributed by atoms with van der Waals surface area (Å²) < 4.78 is 70.6. The van der Waals surface area contributed by atoms with E-state index in [1.807, 2.05) is 12.2 Å². The molecule has 5 saturated heterocycles. The van der Waals surface area contributed by atoms with Crippen molar-refractivity contribution in [2.45, 2.75) is 337 Å². The highest BCUT2D eigenvalue weighted by Crippen LogP contribution is 2.47. The summed E-state index contributed by atoms with van der Waals surface area (Å²) in [5.41, 5.74) is 2.14. The number of methoxy groups -OCH3 is 1. The summed E-state index contributed by atoms with van der Waals surface area (Å²) >= 11 is 0. The van der Waals surface area contributed by atoms with Crippen molar-refractivity contribution >= 4 is 39.1 Å². The molecule has 0 aliphatic carbocycles. The van der Waals surface area contributed by atoms with Crippen LogP contribution in [0.4, 0.5) is 0 Å². The predicted molar refractivity (Wildman–Crippen MR) is 336 cm³/mol. The van der Waals surface area contributed by atoms with Crippen LogP contribution < -0.4 is 0 Å². The molecule has 2 N–H and O–H groups in total. The monoisotopic (exact) mass is 1210 g/mol. The lowest BCUT2D eigenvalue weighted by atomic mass is 9.81. The Morgan fingerprint density at radius 2 is 1.17 bits per heavy atom. The maximum Gasteiger partial charge on any atom is 0.193 e. The Labute approximate surface area is 497 Å². The fraction of sp³-hybridized carbons (Fsp3) is 0.891. The molecule has 0 aromatic heterocycles. The third-order valence-electron chi connectivity index (χ3n) is 21.4. The third kappa shape index (κ3) is 17.1. The van der Waals surface area contributed by atoms with E-state index < -0.39 is 88.2 Å². The van der Waals surface area contributed by atoms with E-state index in [2.05, 4.69) is 156 Å². The largest absolute Gasteiger partial charge is 0.414 e. The van der Waals surface area contributed by atoms with Gasteiger partial charge in [0.25, 0.3) is 0 Å². The number of Topliss-reactive ketones (excluding diaryl/α,β-unsaturated/α-hetero) is 1. The molecule has 8 aliphatic rings. The summed E-state index contributed by atoms with van der Waals surface area (Å²) in [5.74, 6) is -0.0000835. The fourth-order valence-electron chi connectivity index (χ4n) is 11.9. The quantitative estimate of drug-likeness (QED) is 0.141. The van der Waals surface area contributed by atoms with E-state index in [4.69, 9.17) is 46.1 Å². The molecule has 13 nitrogen and oxygen atoms in total. The average Bonchev–Trinajstić information content (AvgIpc) is 3.87. The van der Waals surface area contributed by atoms with Gasteiger partial charge >= 0.3 is 0 Å². The number of aliphatic hydroxyl groups is 2. The first-order valence-corrected chi connectivity index (χ1v) is 43.1. The van der Waals surface area contributed by atoms with Crippen molar-refractivity contribution in [3.05, 3.63) is 36.5 Å². The van der Waals surface area contributed by atoms with Gasteiger partial charge in [0.05, 0.1) is 79.9 Å². The molecular formula is C64H118O13Si4. The number of hydrogen-bond donors (Lipinski definition) is 2. The second-order valence-electron chi connectivity index (χ2n) is 31.9. The van der Waals surface area contributed by atoms with Gasteiger partial charge in [0, 0.05) is 38.7 Å². The van der Waals surface area contributed by atoms with Gasteiger partial charge in [0.15, 0.2) is 33.3 Å². The molecule has 0 aromatic carbocycles. The van der Waals surface area contributed by atoms with Crippen LogP contribution in [0.1, 0.15) is 167 Å². The van der Waals surface area contributed by atoms with Gasteiger partial charge < -0.3 is 56.3 Å². The molecular weight excluding hydrogens is 1090 g/mol. The molecule has 81 heavy (non-hydrogen) atoms. The molecule has 8 heterocycles. The summed E-state index contributed by atoms with van der Waals surface area (Å²) in [6, 6.07) is 0. The van der Waals surface area contributed by atoms with Gasteiger partial charge in [-0.05, 0) is 141 Å². The van der Waals surface area contributed by atoms with E-state index in [0.29, 0.717) is 45.1 Å². The number of rotatable bonds is 12. The van der Waals surface area contributed by atoms with Crippen LogP contribution in [0.25, 0.3) is 0 Å². The van der Waals surface area contributed by atoms with Gasteiger partial charge in [0.1, 0.15) is 30.2 Å². The van der Waals surface area contributed by atoms with Crippen LogP contribution in [0.3, 0.4) is 0 Å². The molecule has 18 atom stereocenters. The van der Waals surface area contributed by atoms with Crippen molar-refractivity contribution in [2.24, 2.45) is 11.8 Å². The predicted octanol–water partition coefficient (Wildman–Crippen LogP) is 13.9. The minimum atomic E-state index is -2.56. The van der Waals surface area contributed by atoms with Crippen LogP contribution >= 0.6 is 0 Å². The van der Waals surface area contributed by atoms with Gasteiger partial charge in [-0.3, -0.25) is 4.79 Å². The SMILES string of the molecule is C=C1CC2CCC(O)/C=C/C(O[Si](C)(C)C(C)(C)C)C3O[C@H]4CCC(CC(=O)CC5[C@H](CC6OC(CCC1O2)CC(C)C6=C)O[C@H](CC(CO[Si](C)(C)C(C)(C)C)O[Si](C)(C)C(C)(C)C)[C@@H]5OC)OC4[C@H](O)C3O[Si](C)(C)C(C)(C)C. The van der Waals surface area contributed by atoms with Crippen molar-refractivity contribution in [1.29, 1.82) is 0 Å². The molecule has 0 spiro atoms. The first-order chi connectivity index (χ1) is 37.0.